The minimum atomic E-state index is -0.931. The van der Waals surface area contributed by atoms with E-state index in [1.165, 1.54) is 16.7 Å². The fraction of sp³-hybridized carbons (Fsp3) is 0.750. The number of likely N-dealkylation sites (tertiary alicyclic amines) is 1. The van der Waals surface area contributed by atoms with Gasteiger partial charge in [0.25, 0.3) is 0 Å². The molecule has 1 aliphatic heterocycles. The number of amides is 2. The zero-order valence-corrected chi connectivity index (χ0v) is 11.7. The summed E-state index contributed by atoms with van der Waals surface area (Å²) < 4.78 is 0. The molecule has 3 N–H and O–H groups in total. The zero-order valence-electron chi connectivity index (χ0n) is 10.8. The zero-order chi connectivity index (χ0) is 14.3. The van der Waals surface area contributed by atoms with Crippen LogP contribution >= 0.6 is 11.8 Å². The fourth-order valence-electron chi connectivity index (χ4n) is 2.14. The molecule has 2 amide bonds. The van der Waals surface area contributed by atoms with E-state index < -0.39 is 17.9 Å². The van der Waals surface area contributed by atoms with Crippen molar-refractivity contribution in [3.05, 3.63) is 0 Å². The number of hydrogen-bond donors (Lipinski definition) is 2. The molecular weight excluding hydrogens is 268 g/mol. The van der Waals surface area contributed by atoms with Crippen molar-refractivity contribution < 1.29 is 19.5 Å². The van der Waals surface area contributed by atoms with Crippen LogP contribution in [0.4, 0.5) is 0 Å². The van der Waals surface area contributed by atoms with Gasteiger partial charge in [0.1, 0.15) is 6.04 Å². The van der Waals surface area contributed by atoms with E-state index in [9.17, 15) is 14.4 Å². The minimum Gasteiger partial charge on any atom is -0.480 e. The Morgan fingerprint density at radius 2 is 2.00 bits per heavy atom. The van der Waals surface area contributed by atoms with E-state index >= 15 is 0 Å². The number of primary amides is 1. The van der Waals surface area contributed by atoms with Crippen LogP contribution in [-0.2, 0) is 14.4 Å². The summed E-state index contributed by atoms with van der Waals surface area (Å²) in [6.07, 6.45) is 3.43. The van der Waals surface area contributed by atoms with Gasteiger partial charge >= 0.3 is 5.97 Å². The van der Waals surface area contributed by atoms with E-state index in [0.717, 1.165) is 19.3 Å². The molecule has 0 aliphatic carbocycles. The number of carboxylic acids is 1. The smallest absolute Gasteiger partial charge is 0.326 e. The van der Waals surface area contributed by atoms with Crippen molar-refractivity contribution in [2.75, 3.05) is 18.1 Å². The van der Waals surface area contributed by atoms with E-state index in [2.05, 4.69) is 0 Å². The molecule has 7 heteroatoms. The summed E-state index contributed by atoms with van der Waals surface area (Å²) in [4.78, 5) is 35.3. The molecule has 19 heavy (non-hydrogen) atoms. The third-order valence-corrected chi connectivity index (χ3v) is 4.04. The maximum atomic E-state index is 12.0. The molecule has 1 fully saturated rings. The first-order valence-corrected chi connectivity index (χ1v) is 7.56. The molecule has 1 rings (SSSR count). The van der Waals surface area contributed by atoms with Crippen LogP contribution < -0.4 is 5.73 Å². The first-order valence-electron chi connectivity index (χ1n) is 6.40. The Labute approximate surface area is 116 Å². The predicted molar refractivity (Wildman–Crippen MR) is 72.7 cm³/mol. The highest BCUT2D eigenvalue weighted by Crippen LogP contribution is 2.18. The molecule has 0 bridgehead atoms. The van der Waals surface area contributed by atoms with Gasteiger partial charge in [0.2, 0.25) is 11.8 Å². The average Bonchev–Trinajstić information content (AvgIpc) is 2.59. The van der Waals surface area contributed by atoms with Gasteiger partial charge in [-0.15, -0.1) is 0 Å². The Balaban J connectivity index is 2.46. The van der Waals surface area contributed by atoms with Crippen LogP contribution in [0.25, 0.3) is 0 Å². The second-order valence-corrected chi connectivity index (χ2v) is 5.66. The third-order valence-electron chi connectivity index (χ3n) is 3.06. The van der Waals surface area contributed by atoms with Crippen LogP contribution in [0.2, 0.25) is 0 Å². The number of hydrogen-bond acceptors (Lipinski definition) is 4. The molecule has 0 aromatic carbocycles. The van der Waals surface area contributed by atoms with Crippen LogP contribution in [0.5, 0.6) is 0 Å². The number of carbonyl (C=O) groups excluding carboxylic acids is 2. The van der Waals surface area contributed by atoms with Crippen molar-refractivity contribution in [1.29, 1.82) is 0 Å². The maximum absolute atomic E-state index is 12.0. The number of nitrogens with zero attached hydrogens (tertiary/aromatic N) is 1. The molecule has 0 saturated carbocycles. The second kappa shape index (κ2) is 8.04. The van der Waals surface area contributed by atoms with Crippen LogP contribution in [-0.4, -0.2) is 51.9 Å². The van der Waals surface area contributed by atoms with E-state index in [4.69, 9.17) is 10.8 Å². The van der Waals surface area contributed by atoms with Crippen LogP contribution in [0, 0.1) is 0 Å². The molecule has 0 radical (unpaired) electrons. The molecule has 0 aromatic heterocycles. The van der Waals surface area contributed by atoms with E-state index in [-0.39, 0.29) is 18.1 Å². The van der Waals surface area contributed by atoms with Gasteiger partial charge < -0.3 is 15.7 Å². The van der Waals surface area contributed by atoms with Gasteiger partial charge in [-0.3, -0.25) is 9.59 Å². The normalized spacial score (nSPS) is 19.8. The molecule has 6 nitrogen and oxygen atoms in total. The lowest BCUT2D eigenvalue weighted by Gasteiger charge is -2.26. The Hall–Kier alpha value is -1.24. The molecule has 0 aromatic rings. The number of thioether (sulfide) groups is 1. The van der Waals surface area contributed by atoms with E-state index in [0.29, 0.717) is 18.7 Å². The lowest BCUT2D eigenvalue weighted by Crippen LogP contribution is -2.44. The largest absolute Gasteiger partial charge is 0.480 e. The van der Waals surface area contributed by atoms with Crippen molar-refractivity contribution in [3.63, 3.8) is 0 Å². The van der Waals surface area contributed by atoms with Gasteiger partial charge in [0.15, 0.2) is 0 Å². The monoisotopic (exact) mass is 288 g/mol. The second-order valence-electron chi connectivity index (χ2n) is 4.56. The molecule has 108 valence electrons. The minimum absolute atomic E-state index is 0.147. The van der Waals surface area contributed by atoms with Crippen molar-refractivity contribution in [2.45, 2.75) is 38.1 Å². The summed E-state index contributed by atoms with van der Waals surface area (Å²) in [5, 5.41) is 9.17. The van der Waals surface area contributed by atoms with E-state index in [1.807, 2.05) is 0 Å². The standard InChI is InChI=1S/C12H20N2O4S/c13-10(15)8-19-7-5-11(16)14-6-3-1-2-4-9(14)12(17)18/h9H,1-8H2,(H2,13,15)(H,17,18). The number of carboxylic acid groups (broad SMARTS) is 1. The summed E-state index contributed by atoms with van der Waals surface area (Å²) in [6.45, 7) is 0.510. The molecule has 0 spiro atoms. The lowest BCUT2D eigenvalue weighted by atomic mass is 10.1. The number of rotatable bonds is 6. The van der Waals surface area contributed by atoms with E-state index in [1.54, 1.807) is 0 Å². The lowest BCUT2D eigenvalue weighted by molar-refractivity contribution is -0.150. The van der Waals surface area contributed by atoms with Gasteiger partial charge in [-0.25, -0.2) is 4.79 Å². The fourth-order valence-corrected chi connectivity index (χ4v) is 2.80. The number of carbonyl (C=O) groups is 3. The van der Waals surface area contributed by atoms with Crippen molar-refractivity contribution in [2.24, 2.45) is 5.73 Å². The summed E-state index contributed by atoms with van der Waals surface area (Å²) in [5.41, 5.74) is 5.00. The Bertz CT molecular complexity index is 349. The average molecular weight is 288 g/mol. The van der Waals surface area contributed by atoms with Crippen LogP contribution in [0.15, 0.2) is 0 Å². The first-order chi connectivity index (χ1) is 9.02. The van der Waals surface area contributed by atoms with Gasteiger partial charge in [-0.2, -0.15) is 11.8 Å². The van der Waals surface area contributed by atoms with Crippen LogP contribution in [0.1, 0.15) is 32.1 Å². The number of aliphatic carboxylic acids is 1. The number of nitrogens with two attached hydrogens (primary N) is 1. The topological polar surface area (TPSA) is 101 Å². The quantitative estimate of drug-likeness (QED) is 0.691. The third kappa shape index (κ3) is 5.50. The van der Waals surface area contributed by atoms with Gasteiger partial charge in [-0.1, -0.05) is 12.8 Å². The highest BCUT2D eigenvalue weighted by atomic mass is 32.2. The summed E-state index contributed by atoms with van der Waals surface area (Å²) >= 11 is 1.30. The maximum Gasteiger partial charge on any atom is 0.326 e. The van der Waals surface area contributed by atoms with Gasteiger partial charge in [0, 0.05) is 18.7 Å². The molecule has 1 heterocycles. The first kappa shape index (κ1) is 15.8. The molecule has 1 unspecified atom stereocenters. The highest BCUT2D eigenvalue weighted by molar-refractivity contribution is 7.99. The molecule has 1 atom stereocenters. The summed E-state index contributed by atoms with van der Waals surface area (Å²) in [6, 6.07) is -0.698. The summed E-state index contributed by atoms with van der Waals surface area (Å²) in [5.74, 6) is -0.804. The molecule has 1 saturated heterocycles. The van der Waals surface area contributed by atoms with Gasteiger partial charge in [0.05, 0.1) is 5.75 Å². The highest BCUT2D eigenvalue weighted by Gasteiger charge is 2.30. The Kier molecular flexibility index (Phi) is 6.69. The SMILES string of the molecule is NC(=O)CSCCC(=O)N1CCCCCC1C(=O)O. The van der Waals surface area contributed by atoms with Crippen molar-refractivity contribution >= 4 is 29.5 Å². The summed E-state index contributed by atoms with van der Waals surface area (Å²) in [7, 11) is 0. The Morgan fingerprint density at radius 1 is 1.26 bits per heavy atom. The van der Waals surface area contributed by atoms with Crippen molar-refractivity contribution in [3.8, 4) is 0 Å². The van der Waals surface area contributed by atoms with Crippen LogP contribution in [0.3, 0.4) is 0 Å². The van der Waals surface area contributed by atoms with Crippen molar-refractivity contribution in [1.82, 2.24) is 4.90 Å². The molecule has 1 aliphatic rings. The predicted octanol–water partition coefficient (Wildman–Crippen LogP) is 0.451. The Morgan fingerprint density at radius 3 is 2.63 bits per heavy atom. The molecular formula is C12H20N2O4S. The van der Waals surface area contributed by atoms with Gasteiger partial charge in [-0.05, 0) is 12.8 Å².